The Kier molecular flexibility index (Phi) is 4.55. The molecule has 1 fully saturated rings. The van der Waals surface area contributed by atoms with Crippen LogP contribution in [0.3, 0.4) is 0 Å². The molecule has 1 N–H and O–H groups in total. The van der Waals surface area contributed by atoms with E-state index in [0.717, 1.165) is 31.4 Å². The Morgan fingerprint density at radius 3 is 2.37 bits per heavy atom. The fraction of sp³-hybridized carbons (Fsp3) is 0.467. The Balaban J connectivity index is 1.93. The molecule has 0 atom stereocenters. The molecular formula is C15H20N2O2. The maximum atomic E-state index is 12.0. The van der Waals surface area contributed by atoms with E-state index < -0.39 is 11.8 Å². The minimum absolute atomic E-state index is 0.161. The highest BCUT2D eigenvalue weighted by Crippen LogP contribution is 2.17. The van der Waals surface area contributed by atoms with Crippen LogP contribution in [-0.2, 0) is 9.59 Å². The first kappa shape index (κ1) is 13.6. The van der Waals surface area contributed by atoms with E-state index in [1.54, 1.807) is 7.05 Å². The van der Waals surface area contributed by atoms with Crippen LogP contribution in [0.5, 0.6) is 0 Å². The molecule has 0 aliphatic heterocycles. The molecule has 0 spiro atoms. The third-order valence-corrected chi connectivity index (χ3v) is 3.58. The first-order valence-electron chi connectivity index (χ1n) is 6.82. The third kappa shape index (κ3) is 3.56. The van der Waals surface area contributed by atoms with Gasteiger partial charge in [-0.1, -0.05) is 37.5 Å². The minimum Gasteiger partial charge on any atom is -0.345 e. The lowest BCUT2D eigenvalue weighted by atomic mass is 9.95. The van der Waals surface area contributed by atoms with Gasteiger partial charge in [-0.05, 0) is 25.0 Å². The molecule has 0 heterocycles. The molecule has 1 aromatic rings. The summed E-state index contributed by atoms with van der Waals surface area (Å²) in [5.74, 6) is -1.00. The SMILES string of the molecule is CN(C(=O)C(=O)NC1CCCCC1)c1ccccc1. The van der Waals surface area contributed by atoms with Crippen molar-refractivity contribution >= 4 is 17.5 Å². The Morgan fingerprint density at radius 2 is 1.74 bits per heavy atom. The number of nitrogens with one attached hydrogen (secondary N) is 1. The van der Waals surface area contributed by atoms with E-state index in [-0.39, 0.29) is 6.04 Å². The highest BCUT2D eigenvalue weighted by molar-refractivity contribution is 6.40. The number of hydrogen-bond acceptors (Lipinski definition) is 2. The van der Waals surface area contributed by atoms with Crippen molar-refractivity contribution in [2.24, 2.45) is 0 Å². The van der Waals surface area contributed by atoms with E-state index in [2.05, 4.69) is 5.32 Å². The molecule has 4 heteroatoms. The molecule has 0 bridgehead atoms. The summed E-state index contributed by atoms with van der Waals surface area (Å²) >= 11 is 0. The first-order chi connectivity index (χ1) is 9.18. The van der Waals surface area contributed by atoms with E-state index >= 15 is 0 Å². The molecular weight excluding hydrogens is 240 g/mol. The maximum absolute atomic E-state index is 12.0. The van der Waals surface area contributed by atoms with Gasteiger partial charge in [-0.25, -0.2) is 0 Å². The van der Waals surface area contributed by atoms with Crippen LogP contribution in [0.15, 0.2) is 30.3 Å². The molecule has 0 aromatic heterocycles. The summed E-state index contributed by atoms with van der Waals surface area (Å²) in [6, 6.07) is 9.35. The lowest BCUT2D eigenvalue weighted by Gasteiger charge is -2.24. The fourth-order valence-electron chi connectivity index (χ4n) is 2.42. The van der Waals surface area contributed by atoms with Crippen molar-refractivity contribution in [3.63, 3.8) is 0 Å². The van der Waals surface area contributed by atoms with Gasteiger partial charge in [0.05, 0.1) is 0 Å². The van der Waals surface area contributed by atoms with Gasteiger partial charge in [-0.3, -0.25) is 9.59 Å². The predicted octanol–water partition coefficient (Wildman–Crippen LogP) is 2.10. The summed E-state index contributed by atoms with van der Waals surface area (Å²) in [6.45, 7) is 0. The molecule has 19 heavy (non-hydrogen) atoms. The van der Waals surface area contributed by atoms with Crippen molar-refractivity contribution in [1.82, 2.24) is 5.32 Å². The van der Waals surface area contributed by atoms with Crippen molar-refractivity contribution < 1.29 is 9.59 Å². The monoisotopic (exact) mass is 260 g/mol. The molecule has 1 aliphatic rings. The summed E-state index contributed by atoms with van der Waals surface area (Å²) in [6.07, 6.45) is 5.45. The molecule has 2 rings (SSSR count). The van der Waals surface area contributed by atoms with E-state index in [0.29, 0.717) is 0 Å². The molecule has 102 valence electrons. The highest BCUT2D eigenvalue weighted by Gasteiger charge is 2.23. The Labute approximate surface area is 113 Å². The van der Waals surface area contributed by atoms with Crippen LogP contribution in [-0.4, -0.2) is 24.9 Å². The molecule has 1 aromatic carbocycles. The normalized spacial score (nSPS) is 15.8. The summed E-state index contributed by atoms with van der Waals surface area (Å²) in [5.41, 5.74) is 0.728. The molecule has 0 unspecified atom stereocenters. The zero-order valence-electron chi connectivity index (χ0n) is 11.3. The summed E-state index contributed by atoms with van der Waals surface area (Å²) in [5, 5.41) is 2.84. The van der Waals surface area contributed by atoms with Gasteiger partial charge in [0.2, 0.25) is 0 Å². The Morgan fingerprint density at radius 1 is 1.11 bits per heavy atom. The van der Waals surface area contributed by atoms with Crippen molar-refractivity contribution in [3.8, 4) is 0 Å². The number of amides is 2. The van der Waals surface area contributed by atoms with Crippen LogP contribution in [0, 0.1) is 0 Å². The third-order valence-electron chi connectivity index (χ3n) is 3.58. The average Bonchev–Trinajstić information content (AvgIpc) is 2.47. The van der Waals surface area contributed by atoms with E-state index in [9.17, 15) is 9.59 Å². The van der Waals surface area contributed by atoms with E-state index in [4.69, 9.17) is 0 Å². The average molecular weight is 260 g/mol. The quantitative estimate of drug-likeness (QED) is 0.828. The number of nitrogens with zero attached hydrogens (tertiary/aromatic N) is 1. The Hall–Kier alpha value is -1.84. The lowest BCUT2D eigenvalue weighted by molar-refractivity contribution is -0.138. The molecule has 1 aliphatic carbocycles. The van der Waals surface area contributed by atoms with Gasteiger partial charge in [0.25, 0.3) is 0 Å². The van der Waals surface area contributed by atoms with E-state index in [1.165, 1.54) is 11.3 Å². The second-order valence-corrected chi connectivity index (χ2v) is 5.01. The number of likely N-dealkylation sites (N-methyl/N-ethyl adjacent to an activating group) is 1. The van der Waals surface area contributed by atoms with Gasteiger partial charge in [-0.2, -0.15) is 0 Å². The van der Waals surface area contributed by atoms with Crippen LogP contribution in [0.4, 0.5) is 5.69 Å². The molecule has 0 radical (unpaired) electrons. The smallest absolute Gasteiger partial charge is 0.316 e. The molecule has 4 nitrogen and oxygen atoms in total. The molecule has 1 saturated carbocycles. The topological polar surface area (TPSA) is 49.4 Å². The standard InChI is InChI=1S/C15H20N2O2/c1-17(13-10-6-3-7-11-13)15(19)14(18)16-12-8-4-2-5-9-12/h3,6-7,10-12H,2,4-5,8-9H2,1H3,(H,16,18). The highest BCUT2D eigenvalue weighted by atomic mass is 16.2. The summed E-state index contributed by atoms with van der Waals surface area (Å²) in [4.78, 5) is 25.3. The number of para-hydroxylation sites is 1. The van der Waals surface area contributed by atoms with Crippen LogP contribution >= 0.6 is 0 Å². The van der Waals surface area contributed by atoms with Crippen LogP contribution in [0.1, 0.15) is 32.1 Å². The zero-order valence-corrected chi connectivity index (χ0v) is 11.3. The molecule has 2 amide bonds. The van der Waals surface area contributed by atoms with Gasteiger partial charge in [0.1, 0.15) is 0 Å². The van der Waals surface area contributed by atoms with Crippen LogP contribution in [0.2, 0.25) is 0 Å². The predicted molar refractivity (Wildman–Crippen MR) is 74.9 cm³/mol. The largest absolute Gasteiger partial charge is 0.345 e. The number of carbonyl (C=O) groups is 2. The molecule has 0 saturated heterocycles. The van der Waals surface area contributed by atoms with Crippen molar-refractivity contribution in [1.29, 1.82) is 0 Å². The van der Waals surface area contributed by atoms with Crippen molar-refractivity contribution in [3.05, 3.63) is 30.3 Å². The second-order valence-electron chi connectivity index (χ2n) is 5.01. The number of anilines is 1. The van der Waals surface area contributed by atoms with Crippen LogP contribution in [0.25, 0.3) is 0 Å². The number of carbonyl (C=O) groups excluding carboxylic acids is 2. The van der Waals surface area contributed by atoms with Gasteiger partial charge in [0, 0.05) is 18.8 Å². The summed E-state index contributed by atoms with van der Waals surface area (Å²) < 4.78 is 0. The van der Waals surface area contributed by atoms with Gasteiger partial charge < -0.3 is 10.2 Å². The number of benzene rings is 1. The number of hydrogen-bond donors (Lipinski definition) is 1. The summed E-state index contributed by atoms with van der Waals surface area (Å²) in [7, 11) is 1.62. The number of rotatable bonds is 2. The first-order valence-corrected chi connectivity index (χ1v) is 6.82. The lowest BCUT2D eigenvalue weighted by Crippen LogP contribution is -2.46. The van der Waals surface area contributed by atoms with Crippen molar-refractivity contribution in [2.75, 3.05) is 11.9 Å². The van der Waals surface area contributed by atoms with Gasteiger partial charge in [-0.15, -0.1) is 0 Å². The Bertz CT molecular complexity index is 439. The second kappa shape index (κ2) is 6.36. The van der Waals surface area contributed by atoms with E-state index in [1.807, 2.05) is 30.3 Å². The van der Waals surface area contributed by atoms with Gasteiger partial charge >= 0.3 is 11.8 Å². The maximum Gasteiger partial charge on any atom is 0.316 e. The fourth-order valence-corrected chi connectivity index (χ4v) is 2.42. The van der Waals surface area contributed by atoms with Crippen molar-refractivity contribution in [2.45, 2.75) is 38.1 Å². The minimum atomic E-state index is -0.503. The van der Waals surface area contributed by atoms with Crippen LogP contribution < -0.4 is 10.2 Å². The zero-order chi connectivity index (χ0) is 13.7. The van der Waals surface area contributed by atoms with Gasteiger partial charge in [0.15, 0.2) is 0 Å².